The Morgan fingerprint density at radius 3 is 2.26 bits per heavy atom. The number of carbonyl (C=O) groups is 2. The third-order valence-electron chi connectivity index (χ3n) is 3.08. The van der Waals surface area contributed by atoms with Gasteiger partial charge in [-0.25, -0.2) is 0 Å². The molecule has 1 aromatic carbocycles. The Morgan fingerprint density at radius 2 is 1.79 bits per heavy atom. The Balaban J connectivity index is 2.83. The zero-order valence-electron chi connectivity index (χ0n) is 11.4. The monoisotopic (exact) mass is 263 g/mol. The second kappa shape index (κ2) is 7.04. The van der Waals surface area contributed by atoms with E-state index in [4.69, 9.17) is 10.8 Å². The SMILES string of the molecule is CC(C)C[C@@H](CC(=O)O)C(N)C(=O)c1ccccc1. The molecular formula is C15H21NO3. The van der Waals surface area contributed by atoms with Gasteiger partial charge in [-0.05, 0) is 18.3 Å². The van der Waals surface area contributed by atoms with E-state index in [0.717, 1.165) is 0 Å². The summed E-state index contributed by atoms with van der Waals surface area (Å²) in [6, 6.07) is 8.01. The van der Waals surface area contributed by atoms with E-state index in [-0.39, 0.29) is 18.1 Å². The number of nitrogens with two attached hydrogens (primary N) is 1. The molecule has 1 rings (SSSR count). The molecule has 1 aromatic rings. The van der Waals surface area contributed by atoms with E-state index in [0.29, 0.717) is 17.9 Å². The van der Waals surface area contributed by atoms with Gasteiger partial charge in [0.15, 0.2) is 5.78 Å². The van der Waals surface area contributed by atoms with Crippen LogP contribution in [0.15, 0.2) is 30.3 Å². The maximum atomic E-state index is 12.2. The fraction of sp³-hybridized carbons (Fsp3) is 0.467. The van der Waals surface area contributed by atoms with E-state index in [1.807, 2.05) is 19.9 Å². The molecule has 0 aliphatic carbocycles. The molecule has 0 saturated heterocycles. The van der Waals surface area contributed by atoms with Crippen LogP contribution in [0.5, 0.6) is 0 Å². The predicted octanol–water partition coefficient (Wildman–Crippen LogP) is 2.33. The predicted molar refractivity (Wildman–Crippen MR) is 73.9 cm³/mol. The van der Waals surface area contributed by atoms with Crippen LogP contribution in [0, 0.1) is 11.8 Å². The van der Waals surface area contributed by atoms with Crippen LogP contribution >= 0.6 is 0 Å². The molecular weight excluding hydrogens is 242 g/mol. The van der Waals surface area contributed by atoms with Gasteiger partial charge in [-0.3, -0.25) is 9.59 Å². The van der Waals surface area contributed by atoms with Gasteiger partial charge in [0.05, 0.1) is 12.5 Å². The summed E-state index contributed by atoms with van der Waals surface area (Å²) in [5.41, 5.74) is 6.51. The number of Topliss-reactive ketones (excluding diaryl/α,β-unsaturated/α-hetero) is 1. The lowest BCUT2D eigenvalue weighted by molar-refractivity contribution is -0.138. The van der Waals surface area contributed by atoms with E-state index in [2.05, 4.69) is 0 Å². The van der Waals surface area contributed by atoms with Crippen LogP contribution in [0.25, 0.3) is 0 Å². The van der Waals surface area contributed by atoms with Crippen molar-refractivity contribution in [1.82, 2.24) is 0 Å². The number of carboxylic acids is 1. The summed E-state index contributed by atoms with van der Waals surface area (Å²) in [6.45, 7) is 3.99. The van der Waals surface area contributed by atoms with Crippen molar-refractivity contribution in [3.8, 4) is 0 Å². The number of hydrogen-bond acceptors (Lipinski definition) is 3. The summed E-state index contributed by atoms with van der Waals surface area (Å²) in [7, 11) is 0. The third kappa shape index (κ3) is 4.83. The average Bonchev–Trinajstić information content (AvgIpc) is 2.36. The quantitative estimate of drug-likeness (QED) is 0.740. The number of ketones is 1. The summed E-state index contributed by atoms with van der Waals surface area (Å²) >= 11 is 0. The standard InChI is InChI=1S/C15H21NO3/c1-10(2)8-12(9-13(17)18)14(16)15(19)11-6-4-3-5-7-11/h3-7,10,12,14H,8-9,16H2,1-2H3,(H,17,18)/t12-,14?/m0/s1. The van der Waals surface area contributed by atoms with Gasteiger partial charge in [-0.1, -0.05) is 44.2 Å². The maximum Gasteiger partial charge on any atom is 0.303 e. The van der Waals surface area contributed by atoms with E-state index < -0.39 is 12.0 Å². The molecule has 0 amide bonds. The van der Waals surface area contributed by atoms with Gasteiger partial charge in [-0.2, -0.15) is 0 Å². The number of benzene rings is 1. The van der Waals surface area contributed by atoms with Gasteiger partial charge in [0.1, 0.15) is 0 Å². The van der Waals surface area contributed by atoms with Gasteiger partial charge >= 0.3 is 5.97 Å². The van der Waals surface area contributed by atoms with Gasteiger partial charge in [0.2, 0.25) is 0 Å². The van der Waals surface area contributed by atoms with Crippen molar-refractivity contribution in [3.63, 3.8) is 0 Å². The summed E-state index contributed by atoms with van der Waals surface area (Å²) in [4.78, 5) is 23.1. The summed E-state index contributed by atoms with van der Waals surface area (Å²) < 4.78 is 0. The Labute approximate surface area is 113 Å². The van der Waals surface area contributed by atoms with Crippen LogP contribution in [-0.4, -0.2) is 22.9 Å². The number of aliphatic carboxylic acids is 1. The highest BCUT2D eigenvalue weighted by atomic mass is 16.4. The fourth-order valence-corrected chi connectivity index (χ4v) is 2.20. The lowest BCUT2D eigenvalue weighted by atomic mass is 9.84. The molecule has 0 fully saturated rings. The molecule has 0 aromatic heterocycles. The largest absolute Gasteiger partial charge is 0.481 e. The maximum absolute atomic E-state index is 12.2. The first-order chi connectivity index (χ1) is 8.91. The molecule has 0 saturated carbocycles. The molecule has 0 aliphatic rings. The van der Waals surface area contributed by atoms with Crippen LogP contribution in [0.2, 0.25) is 0 Å². The Kier molecular flexibility index (Phi) is 5.70. The first kappa shape index (κ1) is 15.4. The molecule has 4 nitrogen and oxygen atoms in total. The minimum Gasteiger partial charge on any atom is -0.481 e. The summed E-state index contributed by atoms with van der Waals surface area (Å²) in [5.74, 6) is -1.13. The van der Waals surface area contributed by atoms with Crippen molar-refractivity contribution < 1.29 is 14.7 Å². The van der Waals surface area contributed by atoms with Gasteiger partial charge in [0, 0.05) is 5.56 Å². The molecule has 2 atom stereocenters. The van der Waals surface area contributed by atoms with Gasteiger partial charge in [0.25, 0.3) is 0 Å². The van der Waals surface area contributed by atoms with Crippen molar-refractivity contribution in [1.29, 1.82) is 0 Å². The number of rotatable bonds is 7. The minimum absolute atomic E-state index is 0.0715. The fourth-order valence-electron chi connectivity index (χ4n) is 2.20. The molecule has 0 bridgehead atoms. The van der Waals surface area contributed by atoms with Gasteiger partial charge < -0.3 is 10.8 Å². The molecule has 0 heterocycles. The molecule has 0 aliphatic heterocycles. The van der Waals surface area contributed by atoms with E-state index >= 15 is 0 Å². The topological polar surface area (TPSA) is 80.4 Å². The van der Waals surface area contributed by atoms with E-state index in [1.54, 1.807) is 24.3 Å². The van der Waals surface area contributed by atoms with Crippen molar-refractivity contribution >= 4 is 11.8 Å². The van der Waals surface area contributed by atoms with Crippen molar-refractivity contribution in [2.75, 3.05) is 0 Å². The van der Waals surface area contributed by atoms with Crippen LogP contribution in [0.1, 0.15) is 37.0 Å². The average molecular weight is 263 g/mol. The van der Waals surface area contributed by atoms with E-state index in [1.165, 1.54) is 0 Å². The highest BCUT2D eigenvalue weighted by Gasteiger charge is 2.28. The van der Waals surface area contributed by atoms with Crippen LogP contribution in [0.3, 0.4) is 0 Å². The van der Waals surface area contributed by atoms with Crippen LogP contribution in [0.4, 0.5) is 0 Å². The van der Waals surface area contributed by atoms with E-state index in [9.17, 15) is 9.59 Å². The zero-order chi connectivity index (χ0) is 14.4. The molecule has 0 radical (unpaired) electrons. The number of carboxylic acid groups (broad SMARTS) is 1. The molecule has 19 heavy (non-hydrogen) atoms. The van der Waals surface area contributed by atoms with Crippen LogP contribution in [-0.2, 0) is 4.79 Å². The highest BCUT2D eigenvalue weighted by Crippen LogP contribution is 2.21. The number of carbonyl (C=O) groups excluding carboxylic acids is 1. The Morgan fingerprint density at radius 1 is 1.21 bits per heavy atom. The smallest absolute Gasteiger partial charge is 0.303 e. The Hall–Kier alpha value is -1.68. The Bertz CT molecular complexity index is 428. The second-order valence-corrected chi connectivity index (χ2v) is 5.24. The molecule has 104 valence electrons. The van der Waals surface area contributed by atoms with Crippen LogP contribution < -0.4 is 5.73 Å². The summed E-state index contributed by atoms with van der Waals surface area (Å²) in [6.07, 6.45) is 0.559. The molecule has 3 N–H and O–H groups in total. The van der Waals surface area contributed by atoms with Crippen molar-refractivity contribution in [2.24, 2.45) is 17.6 Å². The summed E-state index contributed by atoms with van der Waals surface area (Å²) in [5, 5.41) is 8.93. The van der Waals surface area contributed by atoms with Gasteiger partial charge in [-0.15, -0.1) is 0 Å². The first-order valence-electron chi connectivity index (χ1n) is 6.48. The second-order valence-electron chi connectivity index (χ2n) is 5.24. The normalized spacial score (nSPS) is 14.1. The third-order valence-corrected chi connectivity index (χ3v) is 3.08. The zero-order valence-corrected chi connectivity index (χ0v) is 11.4. The first-order valence-corrected chi connectivity index (χ1v) is 6.48. The molecule has 4 heteroatoms. The molecule has 1 unspecified atom stereocenters. The molecule has 0 spiro atoms. The minimum atomic E-state index is -0.915. The number of hydrogen-bond donors (Lipinski definition) is 2. The van der Waals surface area contributed by atoms with Crippen molar-refractivity contribution in [3.05, 3.63) is 35.9 Å². The lowest BCUT2D eigenvalue weighted by Gasteiger charge is -2.23. The lowest BCUT2D eigenvalue weighted by Crippen LogP contribution is -2.40. The highest BCUT2D eigenvalue weighted by molar-refractivity contribution is 6.00. The van der Waals surface area contributed by atoms with Crippen molar-refractivity contribution in [2.45, 2.75) is 32.7 Å².